The van der Waals surface area contributed by atoms with E-state index in [-0.39, 0.29) is 5.91 Å². The van der Waals surface area contributed by atoms with Gasteiger partial charge in [-0.3, -0.25) is 4.79 Å². The number of halogens is 3. The van der Waals surface area contributed by atoms with Crippen molar-refractivity contribution in [3.05, 3.63) is 53.6 Å². The Morgan fingerprint density at radius 3 is 2.29 bits per heavy atom. The number of hydrogen-bond donors (Lipinski definition) is 2. The van der Waals surface area contributed by atoms with Crippen molar-refractivity contribution in [1.82, 2.24) is 0 Å². The third-order valence-corrected chi connectivity index (χ3v) is 6.66. The number of anilines is 3. The van der Waals surface area contributed by atoms with Crippen LogP contribution in [0.4, 0.5) is 30.2 Å². The molecule has 0 saturated heterocycles. The number of nitrogens with one attached hydrogen (secondary N) is 2. The fraction of sp³-hybridized carbons (Fsp3) is 0.519. The van der Waals surface area contributed by atoms with Gasteiger partial charge in [0.1, 0.15) is 0 Å². The Morgan fingerprint density at radius 2 is 1.68 bits per heavy atom. The summed E-state index contributed by atoms with van der Waals surface area (Å²) in [6.45, 7) is 6.14. The van der Waals surface area contributed by atoms with E-state index in [9.17, 15) is 18.0 Å². The number of hydrogen-bond acceptors (Lipinski definition) is 3. The minimum atomic E-state index is -4.33. The van der Waals surface area contributed by atoms with E-state index in [0.29, 0.717) is 18.9 Å². The molecule has 1 saturated carbocycles. The number of nitrogens with zero attached hydrogens (tertiary/aromatic N) is 1. The molecule has 0 aliphatic heterocycles. The van der Waals surface area contributed by atoms with Crippen molar-refractivity contribution >= 4 is 23.0 Å². The first-order valence-corrected chi connectivity index (χ1v) is 12.4. The van der Waals surface area contributed by atoms with E-state index in [1.807, 2.05) is 18.2 Å². The molecule has 0 unspecified atom stereocenters. The second-order valence-electron chi connectivity index (χ2n) is 9.04. The summed E-state index contributed by atoms with van der Waals surface area (Å²) < 4.78 is 38.3. The average molecular weight is 476 g/mol. The SMILES string of the molecule is CCN(CC)c1cc(NCc2ccc(C(F)(F)F)cc2)ccc1NC(=O)CCC1CCCCC1. The summed E-state index contributed by atoms with van der Waals surface area (Å²) in [6.07, 6.45) is 3.49. The van der Waals surface area contributed by atoms with Crippen molar-refractivity contribution < 1.29 is 18.0 Å². The van der Waals surface area contributed by atoms with Crippen molar-refractivity contribution in [1.29, 1.82) is 0 Å². The first kappa shape index (κ1) is 25.9. The van der Waals surface area contributed by atoms with Crippen molar-refractivity contribution in [2.75, 3.05) is 28.6 Å². The molecule has 0 atom stereocenters. The van der Waals surface area contributed by atoms with Gasteiger partial charge in [0.05, 0.1) is 16.9 Å². The van der Waals surface area contributed by atoms with Crippen LogP contribution in [0.15, 0.2) is 42.5 Å². The lowest BCUT2D eigenvalue weighted by molar-refractivity contribution is -0.137. The number of amides is 1. The van der Waals surface area contributed by atoms with Crippen LogP contribution < -0.4 is 15.5 Å². The minimum absolute atomic E-state index is 0.0458. The molecule has 4 nitrogen and oxygen atoms in total. The lowest BCUT2D eigenvalue weighted by Gasteiger charge is -2.26. The molecule has 0 aromatic heterocycles. The highest BCUT2D eigenvalue weighted by Crippen LogP contribution is 2.32. The molecule has 1 aliphatic carbocycles. The fourth-order valence-electron chi connectivity index (χ4n) is 4.61. The largest absolute Gasteiger partial charge is 0.416 e. The topological polar surface area (TPSA) is 44.4 Å². The number of carbonyl (C=O) groups excluding carboxylic acids is 1. The van der Waals surface area contributed by atoms with Gasteiger partial charge < -0.3 is 15.5 Å². The molecule has 34 heavy (non-hydrogen) atoms. The predicted octanol–water partition coefficient (Wildman–Crippen LogP) is 7.46. The number of alkyl halides is 3. The van der Waals surface area contributed by atoms with Gasteiger partial charge in [0, 0.05) is 31.7 Å². The molecule has 0 radical (unpaired) electrons. The summed E-state index contributed by atoms with van der Waals surface area (Å²) in [4.78, 5) is 14.9. The average Bonchev–Trinajstić information content (AvgIpc) is 2.84. The van der Waals surface area contributed by atoms with E-state index in [1.54, 1.807) is 0 Å². The van der Waals surface area contributed by atoms with Crippen molar-refractivity contribution in [2.45, 2.75) is 71.5 Å². The van der Waals surface area contributed by atoms with Crippen molar-refractivity contribution in [2.24, 2.45) is 5.92 Å². The molecular formula is C27H36F3N3O. The molecule has 1 amide bonds. The van der Waals surface area contributed by atoms with E-state index < -0.39 is 11.7 Å². The Kier molecular flexibility index (Phi) is 9.25. The Bertz CT molecular complexity index is 918. The van der Waals surface area contributed by atoms with Gasteiger partial charge in [-0.1, -0.05) is 44.2 Å². The van der Waals surface area contributed by atoms with Crippen LogP contribution in [-0.4, -0.2) is 19.0 Å². The molecule has 3 rings (SSSR count). The molecule has 2 aromatic rings. The molecular weight excluding hydrogens is 439 g/mol. The maximum Gasteiger partial charge on any atom is 0.416 e. The monoisotopic (exact) mass is 475 g/mol. The molecule has 2 aromatic carbocycles. The zero-order chi connectivity index (χ0) is 24.6. The van der Waals surface area contributed by atoms with Gasteiger partial charge in [-0.15, -0.1) is 0 Å². The van der Waals surface area contributed by atoms with Crippen molar-refractivity contribution in [3.8, 4) is 0 Å². The second-order valence-corrected chi connectivity index (χ2v) is 9.04. The first-order chi connectivity index (χ1) is 16.3. The molecule has 2 N–H and O–H groups in total. The quantitative estimate of drug-likeness (QED) is 0.375. The predicted molar refractivity (Wildman–Crippen MR) is 133 cm³/mol. The van der Waals surface area contributed by atoms with Crippen LogP contribution in [0.2, 0.25) is 0 Å². The van der Waals surface area contributed by atoms with Crippen LogP contribution in [0.5, 0.6) is 0 Å². The highest BCUT2D eigenvalue weighted by Gasteiger charge is 2.29. The third-order valence-electron chi connectivity index (χ3n) is 6.66. The highest BCUT2D eigenvalue weighted by molar-refractivity contribution is 5.95. The number of carbonyl (C=O) groups is 1. The molecule has 0 heterocycles. The zero-order valence-corrected chi connectivity index (χ0v) is 20.2. The summed E-state index contributed by atoms with van der Waals surface area (Å²) in [5, 5.41) is 6.40. The Hall–Kier alpha value is -2.70. The highest BCUT2D eigenvalue weighted by atomic mass is 19.4. The van der Waals surface area contributed by atoms with Gasteiger partial charge in [0.2, 0.25) is 5.91 Å². The van der Waals surface area contributed by atoms with Gasteiger partial charge in [-0.05, 0) is 62.1 Å². The molecule has 1 fully saturated rings. The van der Waals surface area contributed by atoms with Crippen LogP contribution in [0, 0.1) is 5.92 Å². The number of benzene rings is 2. The lowest BCUT2D eigenvalue weighted by Crippen LogP contribution is -2.24. The van der Waals surface area contributed by atoms with Gasteiger partial charge >= 0.3 is 6.18 Å². The maximum absolute atomic E-state index is 12.8. The van der Waals surface area contributed by atoms with E-state index in [2.05, 4.69) is 29.4 Å². The van der Waals surface area contributed by atoms with Crippen LogP contribution in [-0.2, 0) is 17.5 Å². The second kappa shape index (κ2) is 12.1. The lowest BCUT2D eigenvalue weighted by atomic mass is 9.86. The first-order valence-electron chi connectivity index (χ1n) is 12.4. The molecule has 0 bridgehead atoms. The standard InChI is InChI=1S/C27H36F3N3O/c1-3-33(4-2)25-18-23(31-19-21-10-13-22(14-11-21)27(28,29)30)15-16-24(25)32-26(34)17-12-20-8-6-5-7-9-20/h10-11,13-16,18,20,31H,3-9,12,17,19H2,1-2H3,(H,32,34). The van der Waals surface area contributed by atoms with Gasteiger partial charge in [0.15, 0.2) is 0 Å². The van der Waals surface area contributed by atoms with E-state index in [4.69, 9.17) is 0 Å². The van der Waals surface area contributed by atoms with Gasteiger partial charge in [-0.2, -0.15) is 13.2 Å². The molecule has 186 valence electrons. The molecule has 1 aliphatic rings. The van der Waals surface area contributed by atoms with E-state index >= 15 is 0 Å². The maximum atomic E-state index is 12.8. The fourth-order valence-corrected chi connectivity index (χ4v) is 4.61. The summed E-state index contributed by atoms with van der Waals surface area (Å²) in [7, 11) is 0. The smallest absolute Gasteiger partial charge is 0.381 e. The van der Waals surface area contributed by atoms with Crippen LogP contribution >= 0.6 is 0 Å². The third kappa shape index (κ3) is 7.40. The zero-order valence-electron chi connectivity index (χ0n) is 20.2. The normalized spacial score (nSPS) is 14.6. The van der Waals surface area contributed by atoms with Crippen LogP contribution in [0.25, 0.3) is 0 Å². The Morgan fingerprint density at radius 1 is 1.00 bits per heavy atom. The minimum Gasteiger partial charge on any atom is -0.381 e. The molecule has 0 spiro atoms. The Balaban J connectivity index is 1.65. The van der Waals surface area contributed by atoms with Crippen molar-refractivity contribution in [3.63, 3.8) is 0 Å². The van der Waals surface area contributed by atoms with E-state index in [1.165, 1.54) is 44.2 Å². The van der Waals surface area contributed by atoms with Crippen LogP contribution in [0.1, 0.15) is 69.9 Å². The summed E-state index contributed by atoms with van der Waals surface area (Å²) in [6, 6.07) is 11.0. The van der Waals surface area contributed by atoms with Crippen LogP contribution in [0.3, 0.4) is 0 Å². The van der Waals surface area contributed by atoms with Gasteiger partial charge in [0.25, 0.3) is 0 Å². The summed E-state index contributed by atoms with van der Waals surface area (Å²) in [5.74, 6) is 0.711. The molecule has 7 heteroatoms. The van der Waals surface area contributed by atoms with Gasteiger partial charge in [-0.25, -0.2) is 0 Å². The summed E-state index contributed by atoms with van der Waals surface area (Å²) >= 11 is 0. The Labute approximate surface area is 200 Å². The number of rotatable bonds is 10. The van der Waals surface area contributed by atoms with E-state index in [0.717, 1.165) is 54.3 Å². The summed E-state index contributed by atoms with van der Waals surface area (Å²) in [5.41, 5.74) is 2.69.